The molecule has 0 unspecified atom stereocenters. The molecule has 1 atom stereocenters. The monoisotopic (exact) mass is 189 g/mol. The fourth-order valence-electron chi connectivity index (χ4n) is 2.65. The molecule has 74 valence electrons. The number of hydrogen-bond acceptors (Lipinski definition) is 2. The SMILES string of the molecule is c1ccc2c(c1)CC[C@@]21CNCCO1. The van der Waals surface area contributed by atoms with Gasteiger partial charge in [-0.05, 0) is 24.0 Å². The van der Waals surface area contributed by atoms with Gasteiger partial charge in [0.2, 0.25) is 0 Å². The van der Waals surface area contributed by atoms with Crippen LogP contribution in [0.2, 0.25) is 0 Å². The summed E-state index contributed by atoms with van der Waals surface area (Å²) in [5.41, 5.74) is 2.87. The third kappa shape index (κ3) is 1.11. The van der Waals surface area contributed by atoms with Crippen molar-refractivity contribution in [2.75, 3.05) is 19.7 Å². The third-order valence-electron chi connectivity index (χ3n) is 3.37. The molecule has 1 spiro atoms. The largest absolute Gasteiger partial charge is 0.368 e. The molecule has 1 saturated heterocycles. The van der Waals surface area contributed by atoms with Crippen molar-refractivity contribution in [3.05, 3.63) is 35.4 Å². The number of hydrogen-bond donors (Lipinski definition) is 1. The van der Waals surface area contributed by atoms with Gasteiger partial charge < -0.3 is 10.1 Å². The van der Waals surface area contributed by atoms with Gasteiger partial charge in [-0.3, -0.25) is 0 Å². The first kappa shape index (κ1) is 8.45. The first-order valence-corrected chi connectivity index (χ1v) is 5.34. The molecule has 1 aliphatic heterocycles. The number of morpholine rings is 1. The summed E-state index contributed by atoms with van der Waals surface area (Å²) in [6.07, 6.45) is 2.30. The Morgan fingerprint density at radius 3 is 3.07 bits per heavy atom. The molecule has 1 heterocycles. The highest BCUT2D eigenvalue weighted by atomic mass is 16.5. The molecule has 1 aromatic rings. The van der Waals surface area contributed by atoms with E-state index in [0.29, 0.717) is 0 Å². The maximum absolute atomic E-state index is 5.99. The van der Waals surface area contributed by atoms with Crippen molar-refractivity contribution in [3.8, 4) is 0 Å². The van der Waals surface area contributed by atoms with Crippen LogP contribution in [0.3, 0.4) is 0 Å². The molecule has 2 nitrogen and oxygen atoms in total. The molecule has 0 saturated carbocycles. The normalized spacial score (nSPS) is 30.6. The van der Waals surface area contributed by atoms with Crippen LogP contribution in [0, 0.1) is 0 Å². The first-order valence-electron chi connectivity index (χ1n) is 5.34. The molecule has 0 amide bonds. The van der Waals surface area contributed by atoms with Crippen molar-refractivity contribution in [3.63, 3.8) is 0 Å². The molecule has 3 rings (SSSR count). The van der Waals surface area contributed by atoms with E-state index >= 15 is 0 Å². The lowest BCUT2D eigenvalue weighted by Crippen LogP contribution is -2.46. The van der Waals surface area contributed by atoms with E-state index in [1.807, 2.05) is 0 Å². The number of ether oxygens (including phenoxy) is 1. The Kier molecular flexibility index (Phi) is 1.85. The molecule has 2 aliphatic rings. The van der Waals surface area contributed by atoms with Gasteiger partial charge in [0.05, 0.1) is 6.61 Å². The van der Waals surface area contributed by atoms with E-state index < -0.39 is 0 Å². The van der Waals surface area contributed by atoms with E-state index in [4.69, 9.17) is 4.74 Å². The minimum Gasteiger partial charge on any atom is -0.368 e. The van der Waals surface area contributed by atoms with Crippen molar-refractivity contribution in [1.82, 2.24) is 5.32 Å². The van der Waals surface area contributed by atoms with Crippen molar-refractivity contribution in [1.29, 1.82) is 0 Å². The summed E-state index contributed by atoms with van der Waals surface area (Å²) in [6, 6.07) is 8.68. The van der Waals surface area contributed by atoms with E-state index in [1.165, 1.54) is 11.1 Å². The predicted molar refractivity (Wildman–Crippen MR) is 55.3 cm³/mol. The lowest BCUT2D eigenvalue weighted by atomic mass is 9.94. The molecule has 1 aromatic carbocycles. The summed E-state index contributed by atoms with van der Waals surface area (Å²) in [5, 5.41) is 3.43. The highest BCUT2D eigenvalue weighted by Gasteiger charge is 2.40. The quantitative estimate of drug-likeness (QED) is 0.667. The maximum Gasteiger partial charge on any atom is 0.106 e. The molecular formula is C12H15NO. The lowest BCUT2D eigenvalue weighted by molar-refractivity contribution is -0.0695. The fourth-order valence-corrected chi connectivity index (χ4v) is 2.65. The van der Waals surface area contributed by atoms with Gasteiger partial charge in [0.25, 0.3) is 0 Å². The van der Waals surface area contributed by atoms with Crippen molar-refractivity contribution < 1.29 is 4.74 Å². The second kappa shape index (κ2) is 3.07. The minimum atomic E-state index is -0.00512. The van der Waals surface area contributed by atoms with Gasteiger partial charge in [-0.15, -0.1) is 0 Å². The zero-order valence-electron chi connectivity index (χ0n) is 8.25. The van der Waals surface area contributed by atoms with Gasteiger partial charge in [-0.25, -0.2) is 0 Å². The number of fused-ring (bicyclic) bond motifs is 2. The minimum absolute atomic E-state index is 0.00512. The third-order valence-corrected chi connectivity index (χ3v) is 3.37. The van der Waals surface area contributed by atoms with E-state index in [1.54, 1.807) is 0 Å². The fraction of sp³-hybridized carbons (Fsp3) is 0.500. The van der Waals surface area contributed by atoms with E-state index in [9.17, 15) is 0 Å². The van der Waals surface area contributed by atoms with Crippen LogP contribution in [-0.4, -0.2) is 19.7 Å². The molecular weight excluding hydrogens is 174 g/mol. The van der Waals surface area contributed by atoms with Crippen LogP contribution in [0.25, 0.3) is 0 Å². The van der Waals surface area contributed by atoms with Crippen LogP contribution in [0.5, 0.6) is 0 Å². The Balaban J connectivity index is 2.03. The summed E-state index contributed by atoms with van der Waals surface area (Å²) in [6.45, 7) is 2.81. The summed E-state index contributed by atoms with van der Waals surface area (Å²) in [7, 11) is 0. The van der Waals surface area contributed by atoms with Crippen LogP contribution >= 0.6 is 0 Å². The lowest BCUT2D eigenvalue weighted by Gasteiger charge is -2.35. The molecule has 0 radical (unpaired) electrons. The summed E-state index contributed by atoms with van der Waals surface area (Å²) >= 11 is 0. The zero-order valence-corrected chi connectivity index (χ0v) is 8.25. The van der Waals surface area contributed by atoms with Gasteiger partial charge >= 0.3 is 0 Å². The highest BCUT2D eigenvalue weighted by molar-refractivity contribution is 5.38. The van der Waals surface area contributed by atoms with Crippen LogP contribution in [0.1, 0.15) is 17.5 Å². The van der Waals surface area contributed by atoms with E-state index in [-0.39, 0.29) is 5.60 Å². The van der Waals surface area contributed by atoms with Gasteiger partial charge in [0.1, 0.15) is 5.60 Å². The van der Waals surface area contributed by atoms with Gasteiger partial charge in [-0.1, -0.05) is 24.3 Å². The molecule has 1 aliphatic carbocycles. The summed E-state index contributed by atoms with van der Waals surface area (Å²) in [4.78, 5) is 0. The Labute approximate surface area is 84.3 Å². The average molecular weight is 189 g/mol. The second-order valence-corrected chi connectivity index (χ2v) is 4.18. The molecule has 14 heavy (non-hydrogen) atoms. The first-order chi connectivity index (χ1) is 6.91. The van der Waals surface area contributed by atoms with Crippen molar-refractivity contribution in [2.45, 2.75) is 18.4 Å². The Bertz CT molecular complexity index is 336. The number of nitrogens with one attached hydrogen (secondary N) is 1. The summed E-state index contributed by atoms with van der Waals surface area (Å²) < 4.78 is 5.99. The van der Waals surface area contributed by atoms with Crippen molar-refractivity contribution in [2.24, 2.45) is 0 Å². The van der Waals surface area contributed by atoms with Crippen LogP contribution in [0.4, 0.5) is 0 Å². The van der Waals surface area contributed by atoms with Gasteiger partial charge in [0.15, 0.2) is 0 Å². The van der Waals surface area contributed by atoms with Crippen LogP contribution in [0.15, 0.2) is 24.3 Å². The zero-order chi connectivity index (χ0) is 9.43. The molecule has 0 aromatic heterocycles. The highest BCUT2D eigenvalue weighted by Crippen LogP contribution is 2.40. The van der Waals surface area contributed by atoms with Gasteiger partial charge in [-0.2, -0.15) is 0 Å². The Hall–Kier alpha value is -0.860. The number of rotatable bonds is 0. The van der Waals surface area contributed by atoms with E-state index in [2.05, 4.69) is 29.6 Å². The Morgan fingerprint density at radius 1 is 1.29 bits per heavy atom. The van der Waals surface area contributed by atoms with Gasteiger partial charge in [0, 0.05) is 13.1 Å². The number of aryl methyl sites for hydroxylation is 1. The number of benzene rings is 1. The van der Waals surface area contributed by atoms with Crippen LogP contribution in [-0.2, 0) is 16.8 Å². The standard InChI is InChI=1S/C12H15NO/c1-2-4-11-10(3-1)5-6-12(11)9-13-7-8-14-12/h1-4,13H,5-9H2/t12-/m1/s1. The second-order valence-electron chi connectivity index (χ2n) is 4.18. The molecule has 1 N–H and O–H groups in total. The molecule has 1 fully saturated rings. The van der Waals surface area contributed by atoms with Crippen LogP contribution < -0.4 is 5.32 Å². The topological polar surface area (TPSA) is 21.3 Å². The summed E-state index contributed by atoms with van der Waals surface area (Å²) in [5.74, 6) is 0. The average Bonchev–Trinajstić information content (AvgIpc) is 2.60. The van der Waals surface area contributed by atoms with Crippen molar-refractivity contribution >= 4 is 0 Å². The smallest absolute Gasteiger partial charge is 0.106 e. The van der Waals surface area contributed by atoms with E-state index in [0.717, 1.165) is 32.5 Å². The maximum atomic E-state index is 5.99. The Morgan fingerprint density at radius 2 is 2.21 bits per heavy atom. The molecule has 2 heteroatoms. The molecule has 0 bridgehead atoms. The predicted octanol–water partition coefficient (Wildman–Crippen LogP) is 1.45.